The van der Waals surface area contributed by atoms with Gasteiger partial charge in [-0.2, -0.15) is 0 Å². The Hall–Kier alpha value is -7.55. The number of nitrogens with zero attached hydrogens (tertiary/aromatic N) is 5. The van der Waals surface area contributed by atoms with Gasteiger partial charge in [0.1, 0.15) is 28.0 Å². The summed E-state index contributed by atoms with van der Waals surface area (Å²) in [5, 5.41) is 5.33. The van der Waals surface area contributed by atoms with Crippen molar-refractivity contribution in [2.45, 2.75) is 0 Å². The fourth-order valence-electron chi connectivity index (χ4n) is 7.83. The van der Waals surface area contributed by atoms with E-state index in [1.54, 1.807) is 11.3 Å². The van der Waals surface area contributed by atoms with E-state index in [9.17, 15) is 0 Å². The SMILES string of the molecule is c1ccc(-c2nc(-c3ccc4c(c3)oc3ccccc34)nc(-c3ccc4sc5c(-c6nc(-c7ccccc7)c7oc8ccccc8c7n6)cccc5c4c3)n2)cc1. The molecule has 266 valence electrons. The minimum absolute atomic E-state index is 0.576. The quantitative estimate of drug-likeness (QED) is 0.173. The molecule has 0 N–H and O–H groups in total. The fourth-order valence-corrected chi connectivity index (χ4v) is 9.02. The number of fused-ring (bicyclic) bond motifs is 9. The molecule has 0 atom stereocenters. The molecule has 12 aromatic rings. The second-order valence-corrected chi connectivity index (χ2v) is 15.1. The second-order valence-electron chi connectivity index (χ2n) is 14.0. The molecule has 7 nitrogen and oxygen atoms in total. The molecule has 0 bridgehead atoms. The highest BCUT2D eigenvalue weighted by atomic mass is 32.1. The van der Waals surface area contributed by atoms with Gasteiger partial charge in [0, 0.05) is 64.1 Å². The average Bonchev–Trinajstić information content (AvgIpc) is 3.97. The first-order chi connectivity index (χ1) is 28.2. The van der Waals surface area contributed by atoms with Gasteiger partial charge in [-0.05, 0) is 54.6 Å². The molecular weight excluding hydrogens is 723 g/mol. The summed E-state index contributed by atoms with van der Waals surface area (Å²) in [5.41, 5.74) is 9.29. The topological polar surface area (TPSA) is 90.7 Å². The molecule has 8 heteroatoms. The number of para-hydroxylation sites is 2. The number of rotatable bonds is 5. The minimum Gasteiger partial charge on any atom is -0.456 e. The molecule has 0 radical (unpaired) electrons. The Kier molecular flexibility index (Phi) is 6.96. The molecule has 0 spiro atoms. The van der Waals surface area contributed by atoms with Crippen LogP contribution in [0.1, 0.15) is 0 Å². The molecule has 0 saturated heterocycles. The molecule has 5 aromatic heterocycles. The Labute approximate surface area is 328 Å². The highest BCUT2D eigenvalue weighted by Gasteiger charge is 2.21. The molecule has 7 aromatic carbocycles. The standard InChI is InChI=1S/C49H27N5O2S/c1-3-12-28(13-4-1)42-44-43(35-17-8-10-21-39(35)56-44)51-49(50-42)36-19-11-18-34-37-26-30(23-25-41(37)57-45(34)36)47-52-46(29-14-5-2-6-15-29)53-48(54-47)31-22-24-33-32-16-7-9-20-38(32)55-40(33)27-31/h1-27H. The monoisotopic (exact) mass is 749 g/mol. The lowest BCUT2D eigenvalue weighted by Gasteiger charge is -2.09. The second kappa shape index (κ2) is 12.5. The summed E-state index contributed by atoms with van der Waals surface area (Å²) < 4.78 is 14.9. The summed E-state index contributed by atoms with van der Waals surface area (Å²) in [6.45, 7) is 0. The van der Waals surface area contributed by atoms with Crippen LogP contribution in [0.5, 0.6) is 0 Å². The molecule has 0 aliphatic heterocycles. The van der Waals surface area contributed by atoms with E-state index in [1.807, 2.05) is 91.0 Å². The molecule has 0 amide bonds. The number of hydrogen-bond donors (Lipinski definition) is 0. The third-order valence-corrected chi connectivity index (χ3v) is 11.8. The molecule has 57 heavy (non-hydrogen) atoms. The zero-order valence-corrected chi connectivity index (χ0v) is 30.9. The Morgan fingerprint density at radius 1 is 0.368 bits per heavy atom. The Morgan fingerprint density at radius 2 is 0.982 bits per heavy atom. The lowest BCUT2D eigenvalue weighted by molar-refractivity contribution is 0.667. The van der Waals surface area contributed by atoms with Gasteiger partial charge in [0.25, 0.3) is 0 Å². The van der Waals surface area contributed by atoms with Crippen LogP contribution in [-0.4, -0.2) is 24.9 Å². The van der Waals surface area contributed by atoms with Crippen LogP contribution in [0.3, 0.4) is 0 Å². The number of hydrogen-bond acceptors (Lipinski definition) is 8. The van der Waals surface area contributed by atoms with E-state index < -0.39 is 0 Å². The van der Waals surface area contributed by atoms with Gasteiger partial charge in [-0.25, -0.2) is 24.9 Å². The summed E-state index contributed by atoms with van der Waals surface area (Å²) in [6.07, 6.45) is 0. The van der Waals surface area contributed by atoms with Crippen molar-refractivity contribution in [1.29, 1.82) is 0 Å². The predicted octanol–water partition coefficient (Wildman–Crippen LogP) is 13.2. The van der Waals surface area contributed by atoms with E-state index in [1.165, 1.54) is 0 Å². The van der Waals surface area contributed by atoms with Crippen LogP contribution in [0, 0.1) is 0 Å². The lowest BCUT2D eigenvalue weighted by Crippen LogP contribution is -2.00. The zero-order valence-electron chi connectivity index (χ0n) is 30.0. The molecule has 0 aliphatic carbocycles. The first kappa shape index (κ1) is 31.8. The van der Waals surface area contributed by atoms with Gasteiger partial charge < -0.3 is 8.83 Å². The number of furan rings is 2. The largest absolute Gasteiger partial charge is 0.456 e. The summed E-state index contributed by atoms with van der Waals surface area (Å²) >= 11 is 1.74. The van der Waals surface area contributed by atoms with E-state index in [2.05, 4.69) is 72.8 Å². The summed E-state index contributed by atoms with van der Waals surface area (Å²) in [4.78, 5) is 25.5. The first-order valence-electron chi connectivity index (χ1n) is 18.7. The third kappa shape index (κ3) is 5.15. The van der Waals surface area contributed by atoms with Crippen molar-refractivity contribution in [1.82, 2.24) is 24.9 Å². The smallest absolute Gasteiger partial charge is 0.180 e. The van der Waals surface area contributed by atoms with E-state index >= 15 is 0 Å². The number of benzene rings is 7. The van der Waals surface area contributed by atoms with E-state index in [0.29, 0.717) is 28.9 Å². The third-order valence-electron chi connectivity index (χ3n) is 10.6. The highest BCUT2D eigenvalue weighted by Crippen LogP contribution is 2.43. The fraction of sp³-hybridized carbons (Fsp3) is 0. The maximum absolute atomic E-state index is 6.38. The average molecular weight is 750 g/mol. The van der Waals surface area contributed by atoms with Crippen molar-refractivity contribution >= 4 is 75.5 Å². The molecule has 0 fully saturated rings. The number of aromatic nitrogens is 5. The normalized spacial score (nSPS) is 11.9. The predicted molar refractivity (Wildman–Crippen MR) is 230 cm³/mol. The maximum Gasteiger partial charge on any atom is 0.180 e. The molecular formula is C49H27N5O2S. The van der Waals surface area contributed by atoms with Crippen LogP contribution in [0.2, 0.25) is 0 Å². The number of thiophene rings is 1. The first-order valence-corrected chi connectivity index (χ1v) is 19.5. The Balaban J connectivity index is 1.02. The molecule has 0 aliphatic rings. The molecule has 0 saturated carbocycles. The van der Waals surface area contributed by atoms with Gasteiger partial charge in [0.05, 0.1) is 0 Å². The van der Waals surface area contributed by atoms with E-state index in [4.69, 9.17) is 33.8 Å². The molecule has 12 rings (SSSR count). The van der Waals surface area contributed by atoms with Crippen molar-refractivity contribution in [3.05, 3.63) is 164 Å². The summed E-state index contributed by atoms with van der Waals surface area (Å²) in [6, 6.07) is 55.3. The van der Waals surface area contributed by atoms with Crippen molar-refractivity contribution in [3.63, 3.8) is 0 Å². The van der Waals surface area contributed by atoms with Crippen molar-refractivity contribution in [2.75, 3.05) is 0 Å². The Bertz CT molecular complexity index is 3540. The summed E-state index contributed by atoms with van der Waals surface area (Å²) in [7, 11) is 0. The van der Waals surface area contributed by atoms with Crippen LogP contribution >= 0.6 is 11.3 Å². The summed E-state index contributed by atoms with van der Waals surface area (Å²) in [5.74, 6) is 2.43. The van der Waals surface area contributed by atoms with Crippen LogP contribution in [0.15, 0.2) is 173 Å². The van der Waals surface area contributed by atoms with Crippen molar-refractivity contribution < 1.29 is 8.83 Å². The van der Waals surface area contributed by atoms with Crippen LogP contribution < -0.4 is 0 Å². The van der Waals surface area contributed by atoms with Crippen LogP contribution in [-0.2, 0) is 0 Å². The van der Waals surface area contributed by atoms with E-state index in [-0.39, 0.29) is 0 Å². The zero-order chi connectivity index (χ0) is 37.5. The van der Waals surface area contributed by atoms with Gasteiger partial charge in [-0.3, -0.25) is 0 Å². The molecule has 5 heterocycles. The van der Waals surface area contributed by atoms with Crippen LogP contribution in [0.4, 0.5) is 0 Å². The lowest BCUT2D eigenvalue weighted by atomic mass is 10.1. The van der Waals surface area contributed by atoms with Crippen molar-refractivity contribution in [2.24, 2.45) is 0 Å². The van der Waals surface area contributed by atoms with Gasteiger partial charge in [-0.1, -0.05) is 109 Å². The molecule has 0 unspecified atom stereocenters. The van der Waals surface area contributed by atoms with Gasteiger partial charge in [-0.15, -0.1) is 11.3 Å². The van der Waals surface area contributed by atoms with E-state index in [0.717, 1.165) is 92.1 Å². The van der Waals surface area contributed by atoms with Gasteiger partial charge in [0.2, 0.25) is 0 Å². The Morgan fingerprint density at radius 3 is 1.77 bits per heavy atom. The maximum atomic E-state index is 6.38. The van der Waals surface area contributed by atoms with Gasteiger partial charge in [0.15, 0.2) is 28.9 Å². The van der Waals surface area contributed by atoms with Crippen molar-refractivity contribution in [3.8, 4) is 56.8 Å². The van der Waals surface area contributed by atoms with Crippen LogP contribution in [0.25, 0.3) is 121 Å². The van der Waals surface area contributed by atoms with Gasteiger partial charge >= 0.3 is 0 Å². The highest BCUT2D eigenvalue weighted by molar-refractivity contribution is 7.26. The minimum atomic E-state index is 0.576.